The summed E-state index contributed by atoms with van der Waals surface area (Å²) in [4.78, 5) is 32.0. The summed E-state index contributed by atoms with van der Waals surface area (Å²) >= 11 is 6.81. The van der Waals surface area contributed by atoms with Crippen LogP contribution in [0.4, 0.5) is 5.69 Å². The number of benzene rings is 4. The van der Waals surface area contributed by atoms with E-state index < -0.39 is 12.1 Å². The Balaban J connectivity index is 1.24. The van der Waals surface area contributed by atoms with Gasteiger partial charge in [0.05, 0.1) is 35.3 Å². The number of aromatic nitrogens is 1. The summed E-state index contributed by atoms with van der Waals surface area (Å²) in [7, 11) is 3.40. The van der Waals surface area contributed by atoms with Gasteiger partial charge in [-0.1, -0.05) is 54.1 Å². The summed E-state index contributed by atoms with van der Waals surface area (Å²) in [6, 6.07) is 23.8. The van der Waals surface area contributed by atoms with E-state index in [2.05, 4.69) is 69.4 Å². The molecular formula is C45H49ClN6O7. The van der Waals surface area contributed by atoms with Gasteiger partial charge >= 0.3 is 5.97 Å². The molecule has 1 atom stereocenters. The molecule has 0 bridgehead atoms. The van der Waals surface area contributed by atoms with E-state index in [1.165, 1.54) is 0 Å². The van der Waals surface area contributed by atoms with Crippen molar-refractivity contribution < 1.29 is 34.0 Å². The normalized spacial score (nSPS) is 12.6. The number of pyridine rings is 1. The minimum atomic E-state index is -1.08. The molecule has 1 amide bonds. The number of halogens is 1. The number of rotatable bonds is 19. The highest BCUT2D eigenvalue weighted by Gasteiger charge is 2.19. The van der Waals surface area contributed by atoms with Crippen molar-refractivity contribution in [3.63, 3.8) is 0 Å². The molecule has 0 saturated carbocycles. The fraction of sp³-hybridized carbons (Fsp3) is 0.289. The molecule has 0 radical (unpaired) electrons. The number of carbonyl (C=O) groups excluding carboxylic acids is 1. The van der Waals surface area contributed by atoms with Gasteiger partial charge in [0.2, 0.25) is 0 Å². The Morgan fingerprint density at radius 2 is 1.61 bits per heavy atom. The molecule has 6 rings (SSSR count). The molecule has 5 aromatic rings. The van der Waals surface area contributed by atoms with Crippen LogP contribution < -0.4 is 35.5 Å². The highest BCUT2D eigenvalue weighted by Crippen LogP contribution is 2.38. The number of aliphatic hydroxyl groups excluding tert-OH is 1. The average Bonchev–Trinajstić information content (AvgIpc) is 3.77. The van der Waals surface area contributed by atoms with E-state index in [1.54, 1.807) is 31.6 Å². The number of carbonyl (C=O) groups is 2. The molecule has 0 fully saturated rings. The van der Waals surface area contributed by atoms with Gasteiger partial charge in [-0.05, 0) is 77.1 Å². The molecule has 0 spiro atoms. The van der Waals surface area contributed by atoms with E-state index in [0.717, 1.165) is 68.1 Å². The summed E-state index contributed by atoms with van der Waals surface area (Å²) in [5, 5.41) is 31.6. The van der Waals surface area contributed by atoms with Crippen LogP contribution in [0.3, 0.4) is 0 Å². The zero-order valence-electron chi connectivity index (χ0n) is 33.5. The van der Waals surface area contributed by atoms with Crippen LogP contribution in [0.5, 0.6) is 17.2 Å². The number of aliphatic carboxylic acids is 1. The number of anilines is 1. The number of amides is 1. The van der Waals surface area contributed by atoms with E-state index in [-0.39, 0.29) is 45.2 Å². The quantitative estimate of drug-likeness (QED) is 0.0553. The van der Waals surface area contributed by atoms with Crippen LogP contribution in [0.25, 0.3) is 22.3 Å². The predicted octanol–water partition coefficient (Wildman–Crippen LogP) is 6.29. The molecule has 6 N–H and O–H groups in total. The Morgan fingerprint density at radius 3 is 2.36 bits per heavy atom. The van der Waals surface area contributed by atoms with Crippen LogP contribution in [0, 0.1) is 13.8 Å². The van der Waals surface area contributed by atoms with Gasteiger partial charge in [0.15, 0.2) is 6.61 Å². The highest BCUT2D eigenvalue weighted by atomic mass is 35.5. The second kappa shape index (κ2) is 20.0. The number of aliphatic hydroxyl groups is 1. The van der Waals surface area contributed by atoms with Gasteiger partial charge in [-0.15, -0.1) is 0 Å². The molecule has 0 aliphatic carbocycles. The number of aliphatic imine (C=N–C) groups is 1. The smallest absolute Gasteiger partial charge is 0.306 e. The SMILES string of the molecule is CNC(=O)COc1cc(-c2cccc(-c3cccc(COc4cc(OCc5cncc(NC)c5)c(CNC[C@@H](O)CC(=O)O)cc4Cl)c3C)c2C)ccc1C1=NCCN1. The van der Waals surface area contributed by atoms with Crippen molar-refractivity contribution in [3.05, 3.63) is 124 Å². The Morgan fingerprint density at radius 1 is 0.847 bits per heavy atom. The van der Waals surface area contributed by atoms with Crippen LogP contribution in [-0.4, -0.2) is 79.3 Å². The number of carboxylic acid groups (broad SMARTS) is 1. The van der Waals surface area contributed by atoms with Crippen molar-refractivity contribution >= 4 is 35.0 Å². The van der Waals surface area contributed by atoms with Crippen molar-refractivity contribution in [1.82, 2.24) is 20.9 Å². The molecular weight excluding hydrogens is 772 g/mol. The monoisotopic (exact) mass is 820 g/mol. The molecule has 1 aromatic heterocycles. The maximum absolute atomic E-state index is 12.1. The van der Waals surface area contributed by atoms with Gasteiger partial charge in [-0.3, -0.25) is 19.6 Å². The number of amidine groups is 1. The Hall–Kier alpha value is -6.15. The summed E-state index contributed by atoms with van der Waals surface area (Å²) in [6.45, 7) is 6.28. The van der Waals surface area contributed by atoms with E-state index in [0.29, 0.717) is 34.4 Å². The Labute approximate surface area is 348 Å². The lowest BCUT2D eigenvalue weighted by molar-refractivity contribution is -0.139. The third-order valence-corrected chi connectivity index (χ3v) is 10.3. The molecule has 2 heterocycles. The summed E-state index contributed by atoms with van der Waals surface area (Å²) in [6.07, 6.45) is 2.02. The lowest BCUT2D eigenvalue weighted by Gasteiger charge is -2.19. The first-order valence-corrected chi connectivity index (χ1v) is 19.7. The van der Waals surface area contributed by atoms with Gasteiger partial charge in [0.25, 0.3) is 5.91 Å². The molecule has 1 aliphatic rings. The number of likely N-dealkylation sites (N-methyl/N-ethyl adjacent to an activating group) is 1. The number of carboxylic acids is 1. The molecule has 0 saturated heterocycles. The summed E-state index contributed by atoms with van der Waals surface area (Å²) in [5.41, 5.74) is 10.4. The van der Waals surface area contributed by atoms with Crippen molar-refractivity contribution in [2.24, 2.45) is 4.99 Å². The van der Waals surface area contributed by atoms with Gasteiger partial charge in [0.1, 0.15) is 36.3 Å². The molecule has 308 valence electrons. The fourth-order valence-electron chi connectivity index (χ4n) is 6.80. The van der Waals surface area contributed by atoms with Gasteiger partial charge in [-0.2, -0.15) is 0 Å². The maximum Gasteiger partial charge on any atom is 0.306 e. The van der Waals surface area contributed by atoms with E-state index in [9.17, 15) is 14.7 Å². The van der Waals surface area contributed by atoms with Crippen LogP contribution in [0.1, 0.15) is 39.8 Å². The van der Waals surface area contributed by atoms with Crippen LogP contribution in [0.2, 0.25) is 5.02 Å². The van der Waals surface area contributed by atoms with Crippen LogP contribution in [-0.2, 0) is 29.3 Å². The second-order valence-electron chi connectivity index (χ2n) is 14.1. The lowest BCUT2D eigenvalue weighted by atomic mass is 9.89. The largest absolute Gasteiger partial charge is 0.488 e. The number of hydrogen-bond donors (Lipinski definition) is 6. The molecule has 13 nitrogen and oxygen atoms in total. The van der Waals surface area contributed by atoms with Gasteiger partial charge in [-0.25, -0.2) is 0 Å². The number of hydrogen-bond acceptors (Lipinski definition) is 11. The van der Waals surface area contributed by atoms with E-state index in [4.69, 9.17) is 30.9 Å². The molecule has 4 aromatic carbocycles. The first-order chi connectivity index (χ1) is 28.5. The summed E-state index contributed by atoms with van der Waals surface area (Å²) < 4.78 is 18.7. The van der Waals surface area contributed by atoms with Gasteiger partial charge < -0.3 is 45.7 Å². The van der Waals surface area contributed by atoms with Crippen molar-refractivity contribution in [3.8, 4) is 39.5 Å². The molecule has 0 unspecified atom stereocenters. The lowest BCUT2D eigenvalue weighted by Crippen LogP contribution is -2.28. The Bertz CT molecular complexity index is 2340. The number of nitrogens with zero attached hydrogens (tertiary/aromatic N) is 2. The third kappa shape index (κ3) is 10.9. The number of ether oxygens (including phenoxy) is 3. The van der Waals surface area contributed by atoms with Gasteiger partial charge in [0, 0.05) is 63.3 Å². The Kier molecular flexibility index (Phi) is 14.4. The predicted molar refractivity (Wildman–Crippen MR) is 230 cm³/mol. The van der Waals surface area contributed by atoms with Crippen molar-refractivity contribution in [2.45, 2.75) is 46.1 Å². The fourth-order valence-corrected chi connectivity index (χ4v) is 7.04. The maximum atomic E-state index is 12.1. The van der Waals surface area contributed by atoms with E-state index >= 15 is 0 Å². The summed E-state index contributed by atoms with van der Waals surface area (Å²) in [5.74, 6) is 0.965. The average molecular weight is 821 g/mol. The zero-order valence-corrected chi connectivity index (χ0v) is 34.3. The highest BCUT2D eigenvalue weighted by molar-refractivity contribution is 6.32. The zero-order chi connectivity index (χ0) is 41.9. The van der Waals surface area contributed by atoms with Crippen LogP contribution in [0.15, 0.2) is 90.2 Å². The topological polar surface area (TPSA) is 176 Å². The molecule has 59 heavy (non-hydrogen) atoms. The van der Waals surface area contributed by atoms with Crippen molar-refractivity contribution in [1.29, 1.82) is 0 Å². The molecule has 1 aliphatic heterocycles. The minimum Gasteiger partial charge on any atom is -0.488 e. The standard InChI is InChI=1S/C45H49ClN6O7/c1-27-31(25-58-42-19-40(57-24-29-15-33(47-3)22-49-20-29)32(16-39(42)46)21-50-23-34(53)18-44(55)56)7-5-9-36(27)37-10-6-8-35(28(37)2)30-11-12-38(45-51-13-14-52-45)41(17-30)59-26-43(54)48-4/h5-12,15-17,19-20,22,34,47,50,53H,13-14,18,21,23-26H2,1-4H3,(H,48,54)(H,51,52)(H,55,56)/t34-/m0/s1. The van der Waals surface area contributed by atoms with E-state index in [1.807, 2.05) is 43.4 Å². The first-order valence-electron chi connectivity index (χ1n) is 19.3. The minimum absolute atomic E-state index is 0.0719. The first kappa shape index (κ1) is 42.5. The third-order valence-electron chi connectivity index (χ3n) is 10.0. The van der Waals surface area contributed by atoms with Crippen LogP contribution >= 0.6 is 11.6 Å². The molecule has 14 heteroatoms. The second-order valence-corrected chi connectivity index (χ2v) is 14.5. The van der Waals surface area contributed by atoms with Crippen molar-refractivity contribution in [2.75, 3.05) is 45.7 Å². The number of nitrogens with one attached hydrogen (secondary N) is 4.